The summed E-state index contributed by atoms with van der Waals surface area (Å²) in [7, 11) is 0. The van der Waals surface area contributed by atoms with E-state index in [0.29, 0.717) is 13.0 Å². The zero-order valence-electron chi connectivity index (χ0n) is 7.70. The Kier molecular flexibility index (Phi) is 4.40. The number of carbonyl (C=O) groups excluding carboxylic acids is 1. The number of Topliss-reactive ketones (excluding diaryl/α,β-unsaturated/α-hetero) is 1. The van der Waals surface area contributed by atoms with Crippen LogP contribution >= 0.6 is 0 Å². The van der Waals surface area contributed by atoms with Crippen LogP contribution in [0.3, 0.4) is 0 Å². The first-order valence-corrected chi connectivity index (χ1v) is 4.63. The van der Waals surface area contributed by atoms with Gasteiger partial charge in [0.25, 0.3) is 0 Å². The van der Waals surface area contributed by atoms with E-state index in [-0.39, 0.29) is 5.78 Å². The molecule has 1 heterocycles. The molecule has 13 heavy (non-hydrogen) atoms. The Hall–Kier alpha value is -0.955. The van der Waals surface area contributed by atoms with Gasteiger partial charge in [-0.2, -0.15) is 0 Å². The molecule has 2 nitrogen and oxygen atoms in total. The normalized spacial score (nSPS) is 9.62. The van der Waals surface area contributed by atoms with E-state index in [1.807, 2.05) is 31.0 Å². The van der Waals surface area contributed by atoms with Gasteiger partial charge in [0.2, 0.25) is 0 Å². The third-order valence-corrected chi connectivity index (χ3v) is 1.95. The van der Waals surface area contributed by atoms with Crippen molar-refractivity contribution < 1.29 is 4.79 Å². The van der Waals surface area contributed by atoms with Crippen LogP contribution in [0.1, 0.15) is 29.6 Å². The van der Waals surface area contributed by atoms with Gasteiger partial charge in [-0.3, -0.25) is 0 Å². The van der Waals surface area contributed by atoms with Gasteiger partial charge in [0.1, 0.15) is 0 Å². The van der Waals surface area contributed by atoms with Crippen molar-refractivity contribution >= 4 is 12.7 Å². The van der Waals surface area contributed by atoms with Gasteiger partial charge in [-0.05, 0) is 0 Å². The number of hydrogen-bond donors (Lipinski definition) is 1. The second-order valence-electron chi connectivity index (χ2n) is 3.03. The average molecular weight is 175 g/mol. The van der Waals surface area contributed by atoms with E-state index < -0.39 is 0 Å². The number of ketones is 1. The Labute approximate surface area is 79.4 Å². The van der Waals surface area contributed by atoms with E-state index in [1.165, 1.54) is 0 Å². The van der Waals surface area contributed by atoms with Gasteiger partial charge in [-0.1, -0.05) is 0 Å². The predicted molar refractivity (Wildman–Crippen MR) is 55.0 cm³/mol. The molecule has 1 aromatic rings. The van der Waals surface area contributed by atoms with Gasteiger partial charge in [0, 0.05) is 0 Å². The number of carbonyl (C=O) groups is 1. The second-order valence-corrected chi connectivity index (χ2v) is 3.03. The third kappa shape index (κ3) is 3.51. The molecule has 1 rings (SSSR count). The summed E-state index contributed by atoms with van der Waals surface area (Å²) in [5, 5.41) is 0. The van der Waals surface area contributed by atoms with Crippen LogP contribution in [0.4, 0.5) is 0 Å². The Morgan fingerprint density at radius 2 is 2.31 bits per heavy atom. The van der Waals surface area contributed by atoms with Crippen molar-refractivity contribution in [1.29, 1.82) is 0 Å². The van der Waals surface area contributed by atoms with Gasteiger partial charge in [0.05, 0.1) is 0 Å². The molecule has 0 radical (unpaired) electrons. The Morgan fingerprint density at radius 3 is 2.92 bits per heavy atom. The van der Waals surface area contributed by atoms with Gasteiger partial charge in [0.15, 0.2) is 0 Å². The summed E-state index contributed by atoms with van der Waals surface area (Å²) in [6.45, 7) is 2.55. The van der Waals surface area contributed by atoms with Crippen LogP contribution in [0.2, 0.25) is 0 Å². The van der Waals surface area contributed by atoms with Crippen molar-refractivity contribution in [2.45, 2.75) is 19.3 Å². The molecule has 0 atom stereocenters. The van der Waals surface area contributed by atoms with Crippen LogP contribution in [0.25, 0.3) is 0 Å². The summed E-state index contributed by atoms with van der Waals surface area (Å²) >= 11 is 0. The second kappa shape index (κ2) is 5.65. The molecule has 3 heteroatoms. The van der Waals surface area contributed by atoms with Gasteiger partial charge in [-0.25, -0.2) is 0 Å². The summed E-state index contributed by atoms with van der Waals surface area (Å²) in [6.07, 6.45) is 2.43. The standard InChI is InChI=1S/C10H14BNO/c12-7-2-1-5-10(13)9-4-3-6-11-8-9/h3-4,6,8H,1-2,5,7,12H2. The summed E-state index contributed by atoms with van der Waals surface area (Å²) in [6, 6.07) is 3.74. The SMILES string of the molecule is NCCCCC(=O)c1cbccc1. The number of unbranched alkanes of at least 4 members (excludes halogenated alkanes) is 1. The number of rotatable bonds is 5. The molecule has 0 saturated carbocycles. The topological polar surface area (TPSA) is 43.1 Å². The molecule has 68 valence electrons. The molecule has 0 aliphatic rings. The molecule has 0 aliphatic carbocycles. The minimum atomic E-state index is 0.217. The predicted octanol–water partition coefficient (Wildman–Crippen LogP) is 1.34. The first-order valence-electron chi connectivity index (χ1n) is 4.63. The molecule has 0 spiro atoms. The van der Waals surface area contributed by atoms with Crippen LogP contribution in [0.5, 0.6) is 0 Å². The zero-order valence-corrected chi connectivity index (χ0v) is 7.70. The quantitative estimate of drug-likeness (QED) is 0.541. The third-order valence-electron chi connectivity index (χ3n) is 1.95. The number of nitrogens with two attached hydrogens (primary N) is 1. The molecular formula is C10H14BNO. The average Bonchev–Trinajstić information content (AvgIpc) is 2.19. The fourth-order valence-electron chi connectivity index (χ4n) is 1.20. The monoisotopic (exact) mass is 175 g/mol. The van der Waals surface area contributed by atoms with Crippen LogP contribution in [0.15, 0.2) is 24.1 Å². The maximum absolute atomic E-state index is 11.5. The molecular weight excluding hydrogens is 161 g/mol. The molecule has 0 amide bonds. The molecule has 0 unspecified atom stereocenters. The van der Waals surface area contributed by atoms with Gasteiger partial charge in [-0.15, -0.1) is 0 Å². The Bertz CT molecular complexity index is 261. The number of hydrogen-bond acceptors (Lipinski definition) is 2. The van der Waals surface area contributed by atoms with Crippen molar-refractivity contribution in [1.82, 2.24) is 0 Å². The van der Waals surface area contributed by atoms with Crippen molar-refractivity contribution in [3.8, 4) is 0 Å². The fourth-order valence-corrected chi connectivity index (χ4v) is 1.20. The van der Waals surface area contributed by atoms with E-state index in [1.54, 1.807) is 0 Å². The van der Waals surface area contributed by atoms with E-state index in [9.17, 15) is 4.79 Å². The molecule has 0 aliphatic heterocycles. The van der Waals surface area contributed by atoms with Crippen LogP contribution < -0.4 is 5.73 Å². The van der Waals surface area contributed by atoms with Crippen molar-refractivity contribution in [2.75, 3.05) is 6.54 Å². The maximum atomic E-state index is 11.5. The van der Waals surface area contributed by atoms with Crippen LogP contribution in [-0.2, 0) is 0 Å². The van der Waals surface area contributed by atoms with Gasteiger partial charge >= 0.3 is 78.6 Å². The molecule has 0 bridgehead atoms. The first kappa shape index (κ1) is 10.1. The first-order chi connectivity index (χ1) is 6.34. The molecule has 0 saturated heterocycles. The van der Waals surface area contributed by atoms with E-state index in [4.69, 9.17) is 5.73 Å². The van der Waals surface area contributed by atoms with Crippen LogP contribution in [0, 0.1) is 0 Å². The summed E-state index contributed by atoms with van der Waals surface area (Å²) in [5.74, 6) is 3.98. The molecule has 0 aromatic carbocycles. The van der Waals surface area contributed by atoms with Crippen molar-refractivity contribution in [3.05, 3.63) is 29.6 Å². The van der Waals surface area contributed by atoms with E-state index >= 15 is 0 Å². The van der Waals surface area contributed by atoms with Crippen molar-refractivity contribution in [2.24, 2.45) is 5.73 Å². The summed E-state index contributed by atoms with van der Waals surface area (Å²) < 4.78 is 0. The van der Waals surface area contributed by atoms with Gasteiger partial charge < -0.3 is 0 Å². The Balaban J connectivity index is 2.40. The van der Waals surface area contributed by atoms with E-state index in [2.05, 4.69) is 0 Å². The Morgan fingerprint density at radius 1 is 1.46 bits per heavy atom. The zero-order chi connectivity index (χ0) is 9.52. The molecule has 1 aromatic heterocycles. The van der Waals surface area contributed by atoms with Crippen LogP contribution in [-0.4, -0.2) is 19.2 Å². The fraction of sp³-hybridized carbons (Fsp3) is 0.400. The minimum absolute atomic E-state index is 0.217. The molecule has 2 N–H and O–H groups in total. The van der Waals surface area contributed by atoms with E-state index in [0.717, 1.165) is 18.4 Å². The molecule has 0 fully saturated rings. The summed E-state index contributed by atoms with van der Waals surface area (Å²) in [4.78, 5) is 11.5. The van der Waals surface area contributed by atoms with Crippen molar-refractivity contribution in [3.63, 3.8) is 0 Å². The summed E-state index contributed by atoms with van der Waals surface area (Å²) in [5.41, 5.74) is 6.15.